The van der Waals surface area contributed by atoms with E-state index in [0.717, 1.165) is 36.6 Å². The molecule has 23 heavy (non-hydrogen) atoms. The number of piperidine rings is 1. The molecule has 5 nitrogen and oxygen atoms in total. The van der Waals surface area contributed by atoms with Crippen molar-refractivity contribution in [1.29, 1.82) is 0 Å². The minimum Gasteiger partial charge on any atom is -0.507 e. The summed E-state index contributed by atoms with van der Waals surface area (Å²) in [6, 6.07) is 9.93. The summed E-state index contributed by atoms with van der Waals surface area (Å²) in [5, 5.41) is 18.9. The number of fused-ring (bicyclic) bond motifs is 1. The topological polar surface area (TPSA) is 52.5 Å². The van der Waals surface area contributed by atoms with E-state index in [1.807, 2.05) is 18.2 Å². The fourth-order valence-corrected chi connectivity index (χ4v) is 3.77. The van der Waals surface area contributed by atoms with Crippen molar-refractivity contribution in [2.24, 2.45) is 0 Å². The first kappa shape index (κ1) is 14.5. The number of rotatable bonds is 2. The van der Waals surface area contributed by atoms with Crippen molar-refractivity contribution in [2.75, 3.05) is 31.6 Å². The second kappa shape index (κ2) is 5.81. The number of hydrogen-bond acceptors (Lipinski definition) is 5. The molecule has 1 saturated heterocycles. The fraction of sp³-hybridized carbons (Fsp3) is 0.444. The minimum atomic E-state index is 0.255. The van der Waals surface area contributed by atoms with Gasteiger partial charge in [0.25, 0.3) is 0 Å². The third kappa shape index (κ3) is 2.65. The number of phenolic OH excluding ortho intramolecular Hbond substituents is 1. The molecule has 2 aromatic rings. The second-order valence-electron chi connectivity index (χ2n) is 6.60. The number of anilines is 1. The number of benzene rings is 1. The lowest BCUT2D eigenvalue weighted by Gasteiger charge is -2.36. The van der Waals surface area contributed by atoms with E-state index in [1.54, 1.807) is 6.07 Å². The molecule has 0 spiro atoms. The smallest absolute Gasteiger partial charge is 0.154 e. The van der Waals surface area contributed by atoms with Crippen molar-refractivity contribution in [2.45, 2.75) is 25.3 Å². The average Bonchev–Trinajstić information content (AvgIpc) is 2.98. The van der Waals surface area contributed by atoms with E-state index in [9.17, 15) is 5.11 Å². The molecule has 2 aliphatic rings. The van der Waals surface area contributed by atoms with Gasteiger partial charge in [0.1, 0.15) is 5.75 Å². The van der Waals surface area contributed by atoms with E-state index >= 15 is 0 Å². The Hall–Kier alpha value is -2.14. The molecule has 3 heterocycles. The van der Waals surface area contributed by atoms with Crippen LogP contribution in [0.3, 0.4) is 0 Å². The molecular weight excluding hydrogens is 288 g/mol. The van der Waals surface area contributed by atoms with Crippen LogP contribution in [0.15, 0.2) is 30.3 Å². The first-order chi connectivity index (χ1) is 11.2. The number of likely N-dealkylation sites (N-methyl/N-ethyl adjacent to an activating group) is 1. The minimum absolute atomic E-state index is 0.255. The highest BCUT2D eigenvalue weighted by molar-refractivity contribution is 5.69. The lowest BCUT2D eigenvalue weighted by molar-refractivity contribution is 0.245. The Balaban J connectivity index is 1.63. The molecule has 0 radical (unpaired) electrons. The number of aromatic hydroxyl groups is 1. The molecule has 120 valence electrons. The summed E-state index contributed by atoms with van der Waals surface area (Å²) in [5.41, 5.74) is 2.74. The molecule has 1 aromatic carbocycles. The standard InChI is InChI=1S/C18H22N4O/c1-21-9-4-5-14(12-21)22-10-8-13-11-16(19-20-18(13)22)15-6-2-3-7-17(15)23/h2-3,6-7,11,14,23H,4-5,8-10,12H2,1H3/t14-/m0/s1. The Kier molecular flexibility index (Phi) is 3.65. The highest BCUT2D eigenvalue weighted by Gasteiger charge is 2.30. The Morgan fingerprint density at radius 3 is 2.87 bits per heavy atom. The summed E-state index contributed by atoms with van der Waals surface area (Å²) in [6.45, 7) is 3.31. The van der Waals surface area contributed by atoms with Gasteiger partial charge in [0.15, 0.2) is 5.82 Å². The largest absolute Gasteiger partial charge is 0.507 e. The summed E-state index contributed by atoms with van der Waals surface area (Å²) in [4.78, 5) is 4.82. The van der Waals surface area contributed by atoms with Gasteiger partial charge < -0.3 is 14.9 Å². The molecule has 0 amide bonds. The van der Waals surface area contributed by atoms with Crippen LogP contribution in [0.5, 0.6) is 5.75 Å². The van der Waals surface area contributed by atoms with Crippen molar-refractivity contribution < 1.29 is 5.11 Å². The molecule has 0 unspecified atom stereocenters. The highest BCUT2D eigenvalue weighted by atomic mass is 16.3. The normalized spacial score (nSPS) is 21.4. The maximum atomic E-state index is 10.0. The van der Waals surface area contributed by atoms with Gasteiger partial charge in [-0.05, 0) is 51.1 Å². The summed E-state index contributed by atoms with van der Waals surface area (Å²) in [7, 11) is 2.19. The number of aromatic nitrogens is 2. The van der Waals surface area contributed by atoms with E-state index in [-0.39, 0.29) is 5.75 Å². The summed E-state index contributed by atoms with van der Waals surface area (Å²) < 4.78 is 0. The van der Waals surface area contributed by atoms with E-state index in [2.05, 4.69) is 33.1 Å². The van der Waals surface area contributed by atoms with Crippen LogP contribution in [0.2, 0.25) is 0 Å². The molecule has 1 atom stereocenters. The zero-order valence-electron chi connectivity index (χ0n) is 13.4. The molecule has 0 bridgehead atoms. The van der Waals surface area contributed by atoms with Crippen molar-refractivity contribution in [3.05, 3.63) is 35.9 Å². The number of para-hydroxylation sites is 1. The van der Waals surface area contributed by atoms with Crippen molar-refractivity contribution >= 4 is 5.82 Å². The number of hydrogen-bond donors (Lipinski definition) is 1. The number of nitrogens with zero attached hydrogens (tertiary/aromatic N) is 4. The molecule has 1 N–H and O–H groups in total. The van der Waals surface area contributed by atoms with Crippen molar-refractivity contribution in [3.8, 4) is 17.0 Å². The third-order valence-corrected chi connectivity index (χ3v) is 4.97. The Morgan fingerprint density at radius 2 is 2.04 bits per heavy atom. The van der Waals surface area contributed by atoms with E-state index < -0.39 is 0 Å². The van der Waals surface area contributed by atoms with E-state index in [4.69, 9.17) is 0 Å². The molecular formula is C18H22N4O. The predicted molar refractivity (Wildman–Crippen MR) is 90.7 cm³/mol. The van der Waals surface area contributed by atoms with Crippen LogP contribution in [-0.4, -0.2) is 52.9 Å². The predicted octanol–water partition coefficient (Wildman–Crippen LogP) is 2.31. The van der Waals surface area contributed by atoms with Crippen molar-refractivity contribution in [1.82, 2.24) is 15.1 Å². The van der Waals surface area contributed by atoms with Crippen LogP contribution in [0.25, 0.3) is 11.3 Å². The van der Waals surface area contributed by atoms with E-state index in [1.165, 1.54) is 24.9 Å². The SMILES string of the molecule is CN1CCC[C@H](N2CCc3cc(-c4ccccc4O)nnc32)C1. The monoisotopic (exact) mass is 310 g/mol. The fourth-order valence-electron chi connectivity index (χ4n) is 3.77. The summed E-state index contributed by atoms with van der Waals surface area (Å²) in [6.07, 6.45) is 3.48. The molecule has 2 aliphatic heterocycles. The van der Waals surface area contributed by atoms with Crippen molar-refractivity contribution in [3.63, 3.8) is 0 Å². The van der Waals surface area contributed by atoms with E-state index in [0.29, 0.717) is 6.04 Å². The van der Waals surface area contributed by atoms with Gasteiger partial charge in [0.05, 0.1) is 5.69 Å². The maximum absolute atomic E-state index is 10.0. The summed E-state index contributed by atoms with van der Waals surface area (Å²) >= 11 is 0. The zero-order chi connectivity index (χ0) is 15.8. The van der Waals surface area contributed by atoms with Crippen LogP contribution in [0.4, 0.5) is 5.82 Å². The quantitative estimate of drug-likeness (QED) is 0.922. The first-order valence-electron chi connectivity index (χ1n) is 8.32. The lowest BCUT2D eigenvalue weighted by Crippen LogP contribution is -2.46. The van der Waals surface area contributed by atoms with Gasteiger partial charge in [0, 0.05) is 30.3 Å². The van der Waals surface area contributed by atoms with Gasteiger partial charge in [-0.25, -0.2) is 0 Å². The molecule has 5 heteroatoms. The molecule has 0 saturated carbocycles. The molecule has 1 fully saturated rings. The molecule has 4 rings (SSSR count). The van der Waals surface area contributed by atoms with Gasteiger partial charge in [-0.2, -0.15) is 0 Å². The first-order valence-corrected chi connectivity index (χ1v) is 8.32. The van der Waals surface area contributed by atoms with Crippen LogP contribution < -0.4 is 4.90 Å². The van der Waals surface area contributed by atoms with Crippen LogP contribution >= 0.6 is 0 Å². The molecule has 1 aromatic heterocycles. The zero-order valence-corrected chi connectivity index (χ0v) is 13.4. The Bertz CT molecular complexity index is 718. The molecule has 0 aliphatic carbocycles. The second-order valence-corrected chi connectivity index (χ2v) is 6.60. The summed E-state index contributed by atoms with van der Waals surface area (Å²) in [5.74, 6) is 1.29. The Morgan fingerprint density at radius 1 is 1.17 bits per heavy atom. The van der Waals surface area contributed by atoms with Crippen LogP contribution in [0.1, 0.15) is 18.4 Å². The maximum Gasteiger partial charge on any atom is 0.154 e. The van der Waals surface area contributed by atoms with Crippen LogP contribution in [0, 0.1) is 0 Å². The number of phenols is 1. The Labute approximate surface area is 136 Å². The number of likely N-dealkylation sites (tertiary alicyclic amines) is 1. The van der Waals surface area contributed by atoms with Crippen LogP contribution in [-0.2, 0) is 6.42 Å². The third-order valence-electron chi connectivity index (χ3n) is 4.97. The average molecular weight is 310 g/mol. The van der Waals surface area contributed by atoms with Gasteiger partial charge >= 0.3 is 0 Å². The van der Waals surface area contributed by atoms with Gasteiger partial charge in [0.2, 0.25) is 0 Å². The van der Waals surface area contributed by atoms with Gasteiger partial charge in [-0.15, -0.1) is 10.2 Å². The lowest BCUT2D eigenvalue weighted by atomic mass is 10.1. The highest BCUT2D eigenvalue weighted by Crippen LogP contribution is 2.34. The van der Waals surface area contributed by atoms with Gasteiger partial charge in [-0.1, -0.05) is 12.1 Å². The van der Waals surface area contributed by atoms with Gasteiger partial charge in [-0.3, -0.25) is 0 Å².